The van der Waals surface area contributed by atoms with Crippen molar-refractivity contribution in [1.82, 2.24) is 10.3 Å². The molecule has 3 rings (SSSR count). The van der Waals surface area contributed by atoms with Gasteiger partial charge in [-0.1, -0.05) is 19.8 Å². The zero-order chi connectivity index (χ0) is 16.1. The van der Waals surface area contributed by atoms with Gasteiger partial charge < -0.3 is 10.1 Å². The molecule has 1 heterocycles. The Morgan fingerprint density at radius 1 is 1.30 bits per heavy atom. The average Bonchev–Trinajstić information content (AvgIpc) is 3.09. The fourth-order valence-corrected chi connectivity index (χ4v) is 3.49. The quantitative estimate of drug-likeness (QED) is 0.900. The van der Waals surface area contributed by atoms with Crippen molar-refractivity contribution < 1.29 is 9.53 Å². The van der Waals surface area contributed by atoms with Crippen molar-refractivity contribution in [2.24, 2.45) is 5.92 Å². The molecule has 122 valence electrons. The van der Waals surface area contributed by atoms with E-state index in [0.717, 1.165) is 17.9 Å². The maximum Gasteiger partial charge on any atom is 0.251 e. The van der Waals surface area contributed by atoms with E-state index in [9.17, 15) is 4.79 Å². The topological polar surface area (TPSA) is 51.2 Å². The summed E-state index contributed by atoms with van der Waals surface area (Å²) in [6.07, 6.45) is 4.77. The largest absolute Gasteiger partial charge is 0.487 e. The second kappa shape index (κ2) is 7.59. The van der Waals surface area contributed by atoms with E-state index in [0.29, 0.717) is 24.1 Å². The van der Waals surface area contributed by atoms with Gasteiger partial charge in [-0.15, -0.1) is 11.3 Å². The zero-order valence-corrected chi connectivity index (χ0v) is 14.1. The number of nitrogens with zero attached hydrogens (tertiary/aromatic N) is 1. The Hall–Kier alpha value is -1.88. The number of carbonyl (C=O) groups excluding carboxylic acids is 1. The van der Waals surface area contributed by atoms with Gasteiger partial charge in [0.2, 0.25) is 0 Å². The number of rotatable bonds is 5. The maximum absolute atomic E-state index is 12.4. The van der Waals surface area contributed by atoms with E-state index >= 15 is 0 Å². The number of ether oxygens (including phenoxy) is 1. The Balaban J connectivity index is 1.54. The molecule has 2 aromatic rings. The molecule has 5 heteroatoms. The molecule has 0 radical (unpaired) electrons. The first-order chi connectivity index (χ1) is 11.2. The first-order valence-corrected chi connectivity index (χ1v) is 9.07. The van der Waals surface area contributed by atoms with Crippen LogP contribution in [-0.2, 0) is 6.61 Å². The molecule has 1 aliphatic carbocycles. The summed E-state index contributed by atoms with van der Waals surface area (Å²) in [6, 6.07) is 7.62. The zero-order valence-electron chi connectivity index (χ0n) is 13.3. The lowest BCUT2D eigenvalue weighted by Gasteiger charge is -2.29. The van der Waals surface area contributed by atoms with Gasteiger partial charge in [0, 0.05) is 17.0 Å². The molecule has 1 N–H and O–H groups in total. The monoisotopic (exact) mass is 330 g/mol. The molecule has 0 bridgehead atoms. The third-order valence-electron chi connectivity index (χ3n) is 4.41. The van der Waals surface area contributed by atoms with Gasteiger partial charge in [0.05, 0.1) is 11.2 Å². The Kier molecular flexibility index (Phi) is 5.28. The molecule has 23 heavy (non-hydrogen) atoms. The first-order valence-electron chi connectivity index (χ1n) is 8.13. The molecule has 1 aromatic heterocycles. The lowest BCUT2D eigenvalue weighted by atomic mass is 9.86. The van der Waals surface area contributed by atoms with Crippen molar-refractivity contribution in [3.8, 4) is 5.75 Å². The third-order valence-corrected chi connectivity index (χ3v) is 5.05. The number of thiazole rings is 1. The number of carbonyl (C=O) groups is 1. The summed E-state index contributed by atoms with van der Waals surface area (Å²) in [7, 11) is 0. The predicted molar refractivity (Wildman–Crippen MR) is 91.8 cm³/mol. The Labute approximate surface area is 140 Å². The SMILES string of the molecule is CC1CCCCC1NC(=O)c1ccc(OCc2cscn2)cc1. The molecule has 1 aromatic carbocycles. The summed E-state index contributed by atoms with van der Waals surface area (Å²) in [4.78, 5) is 16.5. The molecule has 1 amide bonds. The number of benzene rings is 1. The highest BCUT2D eigenvalue weighted by molar-refractivity contribution is 7.07. The fourth-order valence-electron chi connectivity index (χ4n) is 2.95. The van der Waals surface area contributed by atoms with Crippen LogP contribution in [0.5, 0.6) is 5.75 Å². The van der Waals surface area contributed by atoms with Gasteiger partial charge in [-0.3, -0.25) is 4.79 Å². The standard InChI is InChI=1S/C18H22N2O2S/c1-13-4-2-3-5-17(13)20-18(21)14-6-8-16(9-7-14)22-10-15-11-23-12-19-15/h6-9,11-13,17H,2-5,10H2,1H3,(H,20,21). The smallest absolute Gasteiger partial charge is 0.251 e. The van der Waals surface area contributed by atoms with Gasteiger partial charge in [0.25, 0.3) is 5.91 Å². The summed E-state index contributed by atoms with van der Waals surface area (Å²) in [6.45, 7) is 2.67. The van der Waals surface area contributed by atoms with Crippen LogP contribution in [0, 0.1) is 5.92 Å². The molecular weight excluding hydrogens is 308 g/mol. The van der Waals surface area contributed by atoms with E-state index in [1.54, 1.807) is 16.8 Å². The number of hydrogen-bond acceptors (Lipinski definition) is 4. The average molecular weight is 330 g/mol. The minimum absolute atomic E-state index is 0.00908. The van der Waals surface area contributed by atoms with Gasteiger partial charge in [-0.2, -0.15) is 0 Å². The van der Waals surface area contributed by atoms with Gasteiger partial charge in [-0.05, 0) is 43.0 Å². The van der Waals surface area contributed by atoms with Gasteiger partial charge in [0.1, 0.15) is 12.4 Å². The van der Waals surface area contributed by atoms with Crippen LogP contribution in [0.3, 0.4) is 0 Å². The van der Waals surface area contributed by atoms with Gasteiger partial charge in [0.15, 0.2) is 0 Å². The highest BCUT2D eigenvalue weighted by atomic mass is 32.1. The van der Waals surface area contributed by atoms with Crippen LogP contribution >= 0.6 is 11.3 Å². The van der Waals surface area contributed by atoms with Crippen molar-refractivity contribution in [2.45, 2.75) is 45.3 Å². The van der Waals surface area contributed by atoms with Gasteiger partial charge in [-0.25, -0.2) is 4.98 Å². The van der Waals surface area contributed by atoms with Crippen LogP contribution in [-0.4, -0.2) is 16.9 Å². The molecule has 2 unspecified atom stereocenters. The Bertz CT molecular complexity index is 625. The van der Waals surface area contributed by atoms with Crippen LogP contribution in [0.4, 0.5) is 0 Å². The number of amides is 1. The second-order valence-electron chi connectivity index (χ2n) is 6.13. The minimum atomic E-state index is 0.00908. The normalized spacial score (nSPS) is 20.9. The summed E-state index contributed by atoms with van der Waals surface area (Å²) < 4.78 is 5.66. The lowest BCUT2D eigenvalue weighted by Crippen LogP contribution is -2.41. The third kappa shape index (κ3) is 4.32. The van der Waals surface area contributed by atoms with E-state index in [1.807, 2.05) is 29.6 Å². The summed E-state index contributed by atoms with van der Waals surface area (Å²) in [5.74, 6) is 1.32. The van der Waals surface area contributed by atoms with E-state index < -0.39 is 0 Å². The maximum atomic E-state index is 12.4. The number of hydrogen-bond donors (Lipinski definition) is 1. The van der Waals surface area contributed by atoms with Crippen LogP contribution < -0.4 is 10.1 Å². The van der Waals surface area contributed by atoms with Gasteiger partial charge >= 0.3 is 0 Å². The minimum Gasteiger partial charge on any atom is -0.487 e. The molecule has 2 atom stereocenters. The molecule has 0 aliphatic heterocycles. The highest BCUT2D eigenvalue weighted by Crippen LogP contribution is 2.24. The van der Waals surface area contributed by atoms with Crippen LogP contribution in [0.15, 0.2) is 35.2 Å². The van der Waals surface area contributed by atoms with Crippen molar-refractivity contribution in [3.63, 3.8) is 0 Å². The predicted octanol–water partition coefficient (Wildman–Crippen LogP) is 4.03. The summed E-state index contributed by atoms with van der Waals surface area (Å²) in [5.41, 5.74) is 3.39. The lowest BCUT2D eigenvalue weighted by molar-refractivity contribution is 0.0910. The fraction of sp³-hybridized carbons (Fsp3) is 0.444. The molecule has 4 nitrogen and oxygen atoms in total. The molecule has 1 saturated carbocycles. The van der Waals surface area contributed by atoms with Crippen molar-refractivity contribution in [2.75, 3.05) is 0 Å². The summed E-state index contributed by atoms with van der Waals surface area (Å²) in [5, 5.41) is 5.14. The van der Waals surface area contributed by atoms with E-state index in [-0.39, 0.29) is 5.91 Å². The molecule has 1 aliphatic rings. The van der Waals surface area contributed by atoms with Crippen LogP contribution in [0.1, 0.15) is 48.7 Å². The van der Waals surface area contributed by atoms with E-state index in [4.69, 9.17) is 4.74 Å². The molecule has 1 fully saturated rings. The molecular formula is C18H22N2O2S. The highest BCUT2D eigenvalue weighted by Gasteiger charge is 2.23. The second-order valence-corrected chi connectivity index (χ2v) is 6.85. The van der Waals surface area contributed by atoms with E-state index in [1.165, 1.54) is 19.3 Å². The van der Waals surface area contributed by atoms with Crippen molar-refractivity contribution >= 4 is 17.2 Å². The Morgan fingerprint density at radius 2 is 2.09 bits per heavy atom. The first kappa shape index (κ1) is 16.0. The number of aromatic nitrogens is 1. The van der Waals surface area contributed by atoms with Crippen LogP contribution in [0.25, 0.3) is 0 Å². The van der Waals surface area contributed by atoms with Crippen molar-refractivity contribution in [1.29, 1.82) is 0 Å². The summed E-state index contributed by atoms with van der Waals surface area (Å²) >= 11 is 1.55. The molecule has 0 saturated heterocycles. The molecule has 0 spiro atoms. The van der Waals surface area contributed by atoms with E-state index in [2.05, 4.69) is 17.2 Å². The van der Waals surface area contributed by atoms with Crippen molar-refractivity contribution in [3.05, 3.63) is 46.4 Å². The number of nitrogens with one attached hydrogen (secondary N) is 1. The Morgan fingerprint density at radius 3 is 2.78 bits per heavy atom. The van der Waals surface area contributed by atoms with Crippen LogP contribution in [0.2, 0.25) is 0 Å².